The first-order valence-corrected chi connectivity index (χ1v) is 17.3. The molecule has 10 aromatic rings. The lowest BCUT2D eigenvalue weighted by atomic mass is 10.0. The topological polar surface area (TPSA) is 23.0 Å². The van der Waals surface area contributed by atoms with Crippen LogP contribution in [-0.2, 0) is 6.42 Å². The maximum Gasteiger partial charge on any atom is 0.159 e. The zero-order valence-corrected chi connectivity index (χ0v) is 27.4. The third-order valence-corrected chi connectivity index (χ3v) is 10.3. The second kappa shape index (κ2) is 11.0. The molecule has 0 amide bonds. The zero-order valence-electron chi connectivity index (χ0n) is 27.4. The Balaban J connectivity index is 1.27. The average Bonchev–Trinajstić information content (AvgIpc) is 3.82. The molecule has 0 radical (unpaired) electrons. The third kappa shape index (κ3) is 4.22. The Morgan fingerprint density at radius 2 is 1.22 bits per heavy atom. The summed E-state index contributed by atoms with van der Waals surface area (Å²) in [5.74, 6) is 0. The van der Waals surface area contributed by atoms with E-state index in [1.165, 1.54) is 67.5 Å². The molecule has 0 saturated carbocycles. The lowest BCUT2D eigenvalue weighted by Gasteiger charge is -2.11. The predicted octanol–water partition coefficient (Wildman–Crippen LogP) is 12.8. The molecule has 0 N–H and O–H groups in total. The Labute approximate surface area is 284 Å². The summed E-state index contributed by atoms with van der Waals surface area (Å²) in [6.07, 6.45) is 3.47. The smallest absolute Gasteiger partial charge is 0.159 e. The molecule has 234 valence electrons. The van der Waals surface area contributed by atoms with Gasteiger partial charge in [0.25, 0.3) is 0 Å². The van der Waals surface area contributed by atoms with E-state index in [9.17, 15) is 0 Å². The fourth-order valence-electron chi connectivity index (χ4n) is 8.01. The van der Waals surface area contributed by atoms with E-state index in [1.54, 1.807) is 0 Å². The molecule has 3 aromatic heterocycles. The number of hydrogen-bond donors (Lipinski definition) is 0. The molecule has 7 aromatic carbocycles. The standard InChI is InChI=1S/C46H34N2O/c1-2-3-12-30-21-28-43-38(29-30)36-17-11-20-42(46(36)49-43)48-40-19-10-8-16-37(40)44-41(48)27-26-35-34-15-7-9-18-39(34)47(45(35)44)33-24-22-32(23-25-33)31-13-5-4-6-14-31/h4-11,13-29H,2-3,12H2,1H3. The summed E-state index contributed by atoms with van der Waals surface area (Å²) in [6.45, 7) is 2.25. The van der Waals surface area contributed by atoms with Crippen molar-refractivity contribution in [3.05, 3.63) is 157 Å². The van der Waals surface area contributed by atoms with Crippen LogP contribution in [0.25, 0.3) is 88.1 Å². The zero-order chi connectivity index (χ0) is 32.5. The van der Waals surface area contributed by atoms with Crippen molar-refractivity contribution >= 4 is 65.6 Å². The molecule has 0 unspecified atom stereocenters. The number of unbranched alkanes of at least 4 members (excludes halogenated alkanes) is 1. The van der Waals surface area contributed by atoms with Gasteiger partial charge in [-0.25, -0.2) is 0 Å². The van der Waals surface area contributed by atoms with Crippen molar-refractivity contribution in [2.75, 3.05) is 0 Å². The van der Waals surface area contributed by atoms with E-state index in [0.29, 0.717) is 0 Å². The highest BCUT2D eigenvalue weighted by atomic mass is 16.3. The van der Waals surface area contributed by atoms with Crippen molar-refractivity contribution in [1.82, 2.24) is 9.13 Å². The Bertz CT molecular complexity index is 2850. The number of rotatable bonds is 6. The summed E-state index contributed by atoms with van der Waals surface area (Å²) in [7, 11) is 0. The van der Waals surface area contributed by atoms with Gasteiger partial charge in [-0.15, -0.1) is 0 Å². The fourth-order valence-corrected chi connectivity index (χ4v) is 8.01. The lowest BCUT2D eigenvalue weighted by Crippen LogP contribution is -1.96. The minimum atomic E-state index is 0.921. The van der Waals surface area contributed by atoms with Crippen LogP contribution in [0.4, 0.5) is 0 Å². The van der Waals surface area contributed by atoms with Crippen molar-refractivity contribution in [2.45, 2.75) is 26.2 Å². The van der Waals surface area contributed by atoms with Crippen molar-refractivity contribution < 1.29 is 4.42 Å². The van der Waals surface area contributed by atoms with Gasteiger partial charge in [0.05, 0.1) is 27.8 Å². The lowest BCUT2D eigenvalue weighted by molar-refractivity contribution is 0.666. The van der Waals surface area contributed by atoms with Crippen LogP contribution in [0, 0.1) is 0 Å². The molecule has 0 aliphatic heterocycles. The van der Waals surface area contributed by atoms with E-state index in [2.05, 4.69) is 168 Å². The maximum atomic E-state index is 6.71. The molecule has 3 nitrogen and oxygen atoms in total. The second-order valence-corrected chi connectivity index (χ2v) is 13.2. The predicted molar refractivity (Wildman–Crippen MR) is 206 cm³/mol. The molecule has 0 spiro atoms. The molecule has 0 aliphatic carbocycles. The van der Waals surface area contributed by atoms with Crippen LogP contribution in [0.2, 0.25) is 0 Å². The number of benzene rings is 7. The molecule has 3 heterocycles. The first kappa shape index (κ1) is 28.0. The number of aryl methyl sites for hydroxylation is 1. The average molecular weight is 631 g/mol. The highest BCUT2D eigenvalue weighted by molar-refractivity contribution is 6.26. The number of furan rings is 1. The van der Waals surface area contributed by atoms with E-state index in [0.717, 1.165) is 45.4 Å². The molecule has 0 saturated heterocycles. The summed E-state index contributed by atoms with van der Waals surface area (Å²) in [5, 5.41) is 7.31. The SMILES string of the molecule is CCCCc1ccc2oc3c(-n4c5ccccc5c5c4ccc4c6ccccc6n(-c6ccc(-c7ccccc7)cc6)c45)cccc3c2c1. The molecule has 10 rings (SSSR count). The molecule has 0 aliphatic rings. The van der Waals surface area contributed by atoms with Crippen molar-refractivity contribution in [2.24, 2.45) is 0 Å². The van der Waals surface area contributed by atoms with Crippen LogP contribution >= 0.6 is 0 Å². The van der Waals surface area contributed by atoms with Crippen LogP contribution < -0.4 is 0 Å². The van der Waals surface area contributed by atoms with Crippen LogP contribution in [0.3, 0.4) is 0 Å². The Hall–Kier alpha value is -6.06. The van der Waals surface area contributed by atoms with Crippen LogP contribution in [0.15, 0.2) is 156 Å². The minimum absolute atomic E-state index is 0.921. The molecule has 0 atom stereocenters. The van der Waals surface area contributed by atoms with Gasteiger partial charge >= 0.3 is 0 Å². The van der Waals surface area contributed by atoms with Crippen LogP contribution in [0.1, 0.15) is 25.3 Å². The summed E-state index contributed by atoms with van der Waals surface area (Å²) >= 11 is 0. The van der Waals surface area contributed by atoms with E-state index in [4.69, 9.17) is 4.42 Å². The molecule has 0 fully saturated rings. The van der Waals surface area contributed by atoms with Gasteiger partial charge in [-0.3, -0.25) is 0 Å². The number of para-hydroxylation sites is 3. The number of aromatic nitrogens is 2. The van der Waals surface area contributed by atoms with Gasteiger partial charge in [-0.1, -0.05) is 116 Å². The van der Waals surface area contributed by atoms with Crippen molar-refractivity contribution in [1.29, 1.82) is 0 Å². The van der Waals surface area contributed by atoms with Crippen LogP contribution in [-0.4, -0.2) is 9.13 Å². The maximum absolute atomic E-state index is 6.71. The van der Waals surface area contributed by atoms with Crippen molar-refractivity contribution in [3.8, 4) is 22.5 Å². The first-order chi connectivity index (χ1) is 24.3. The van der Waals surface area contributed by atoms with Gasteiger partial charge in [0.15, 0.2) is 5.58 Å². The van der Waals surface area contributed by atoms with Gasteiger partial charge in [-0.05, 0) is 78.1 Å². The number of hydrogen-bond acceptors (Lipinski definition) is 1. The third-order valence-electron chi connectivity index (χ3n) is 10.3. The van der Waals surface area contributed by atoms with Gasteiger partial charge in [0.2, 0.25) is 0 Å². The molecule has 0 bridgehead atoms. The summed E-state index contributed by atoms with van der Waals surface area (Å²) in [4.78, 5) is 0. The molecule has 3 heteroatoms. The molecule has 49 heavy (non-hydrogen) atoms. The first-order valence-electron chi connectivity index (χ1n) is 17.3. The van der Waals surface area contributed by atoms with Gasteiger partial charge in [-0.2, -0.15) is 0 Å². The van der Waals surface area contributed by atoms with E-state index in [1.807, 2.05) is 0 Å². The fraction of sp³-hybridized carbons (Fsp3) is 0.0870. The van der Waals surface area contributed by atoms with Gasteiger partial charge in [0.1, 0.15) is 5.58 Å². The highest BCUT2D eigenvalue weighted by Crippen LogP contribution is 2.43. The number of nitrogens with zero attached hydrogens (tertiary/aromatic N) is 2. The largest absolute Gasteiger partial charge is 0.454 e. The normalized spacial score (nSPS) is 12.0. The summed E-state index contributed by atoms with van der Waals surface area (Å²) in [5.41, 5.74) is 12.6. The van der Waals surface area contributed by atoms with Gasteiger partial charge < -0.3 is 13.6 Å². The monoisotopic (exact) mass is 630 g/mol. The highest BCUT2D eigenvalue weighted by Gasteiger charge is 2.22. The summed E-state index contributed by atoms with van der Waals surface area (Å²) in [6, 6.07) is 55.1. The Morgan fingerprint density at radius 3 is 2.04 bits per heavy atom. The van der Waals surface area contributed by atoms with E-state index in [-0.39, 0.29) is 0 Å². The van der Waals surface area contributed by atoms with Crippen molar-refractivity contribution in [3.63, 3.8) is 0 Å². The molecular formula is C46H34N2O. The van der Waals surface area contributed by atoms with Crippen LogP contribution in [0.5, 0.6) is 0 Å². The van der Waals surface area contributed by atoms with E-state index >= 15 is 0 Å². The van der Waals surface area contributed by atoms with Gasteiger partial charge in [0, 0.05) is 38.0 Å². The second-order valence-electron chi connectivity index (χ2n) is 13.2. The number of fused-ring (bicyclic) bond motifs is 10. The quantitative estimate of drug-likeness (QED) is 0.179. The minimum Gasteiger partial charge on any atom is -0.454 e. The Morgan fingerprint density at radius 1 is 0.510 bits per heavy atom. The Kier molecular flexibility index (Phi) is 6.29. The summed E-state index contributed by atoms with van der Waals surface area (Å²) < 4.78 is 11.6. The van der Waals surface area contributed by atoms with E-state index < -0.39 is 0 Å². The molecular weight excluding hydrogens is 597 g/mol.